The minimum absolute atomic E-state index is 0.0143. The molecule has 0 saturated heterocycles. The molecule has 1 atom stereocenters. The summed E-state index contributed by atoms with van der Waals surface area (Å²) in [6.07, 6.45) is 2.55. The van der Waals surface area contributed by atoms with Crippen molar-refractivity contribution in [1.29, 1.82) is 0 Å². The van der Waals surface area contributed by atoms with Gasteiger partial charge in [0.05, 0.1) is 6.04 Å². The molecule has 0 radical (unpaired) electrons. The third-order valence-corrected chi connectivity index (χ3v) is 4.69. The molecule has 0 bridgehead atoms. The van der Waals surface area contributed by atoms with Crippen molar-refractivity contribution < 1.29 is 9.59 Å². The molecule has 4 heteroatoms. The molecular weight excluding hydrogens is 336 g/mol. The third-order valence-electron chi connectivity index (χ3n) is 4.69. The molecule has 1 unspecified atom stereocenters. The molecule has 0 spiro atoms. The molecular formula is C23H30N2O2. The summed E-state index contributed by atoms with van der Waals surface area (Å²) < 4.78 is 0. The van der Waals surface area contributed by atoms with Crippen LogP contribution >= 0.6 is 0 Å². The summed E-state index contributed by atoms with van der Waals surface area (Å²) in [4.78, 5) is 26.6. The summed E-state index contributed by atoms with van der Waals surface area (Å²) in [5.41, 5.74) is 3.08. The average Bonchev–Trinajstić information content (AvgIpc) is 2.67. The van der Waals surface area contributed by atoms with E-state index < -0.39 is 0 Å². The lowest BCUT2D eigenvalue weighted by Gasteiger charge is -2.25. The molecule has 0 heterocycles. The number of amides is 1. The van der Waals surface area contributed by atoms with E-state index in [1.807, 2.05) is 56.6 Å². The Hall–Kier alpha value is -2.46. The number of nitrogens with zero attached hydrogens (tertiary/aromatic N) is 1. The normalized spacial score (nSPS) is 12.0. The molecule has 1 amide bonds. The highest BCUT2D eigenvalue weighted by atomic mass is 16.2. The quantitative estimate of drug-likeness (QED) is 0.646. The van der Waals surface area contributed by atoms with Crippen LogP contribution in [0.15, 0.2) is 54.6 Å². The number of rotatable bonds is 10. The summed E-state index contributed by atoms with van der Waals surface area (Å²) in [6, 6.07) is 17.9. The van der Waals surface area contributed by atoms with Crippen molar-refractivity contribution in [3.05, 3.63) is 71.3 Å². The van der Waals surface area contributed by atoms with Crippen molar-refractivity contribution in [3.8, 4) is 0 Å². The second-order valence-corrected chi connectivity index (χ2v) is 7.06. The largest absolute Gasteiger partial charge is 0.354 e. The summed E-state index contributed by atoms with van der Waals surface area (Å²) in [6.45, 7) is 2.66. The highest BCUT2D eigenvalue weighted by molar-refractivity contribution is 5.97. The van der Waals surface area contributed by atoms with Crippen LogP contribution in [0.5, 0.6) is 0 Å². The predicted molar refractivity (Wildman–Crippen MR) is 110 cm³/mol. The molecule has 2 rings (SSSR count). The van der Waals surface area contributed by atoms with Gasteiger partial charge in [0.2, 0.25) is 5.91 Å². The van der Waals surface area contributed by atoms with E-state index in [2.05, 4.69) is 29.3 Å². The van der Waals surface area contributed by atoms with Crippen molar-refractivity contribution >= 4 is 11.7 Å². The van der Waals surface area contributed by atoms with Crippen molar-refractivity contribution in [2.24, 2.45) is 0 Å². The molecule has 1 N–H and O–H groups in total. The Morgan fingerprint density at radius 3 is 2.22 bits per heavy atom. The SMILES string of the molecule is CCCc1ccc(C(=O)CCC(=O)NCC(c2ccccc2)N(C)C)cc1. The Bertz CT molecular complexity index is 724. The van der Waals surface area contributed by atoms with Crippen LogP contribution in [0.2, 0.25) is 0 Å². The van der Waals surface area contributed by atoms with Crippen LogP contribution in [0.4, 0.5) is 0 Å². The first-order chi connectivity index (χ1) is 13.0. The van der Waals surface area contributed by atoms with E-state index in [0.29, 0.717) is 12.1 Å². The summed E-state index contributed by atoms with van der Waals surface area (Å²) in [5.74, 6) is -0.0749. The van der Waals surface area contributed by atoms with Crippen molar-refractivity contribution in [2.45, 2.75) is 38.6 Å². The number of hydrogen-bond donors (Lipinski definition) is 1. The van der Waals surface area contributed by atoms with Gasteiger partial charge < -0.3 is 10.2 Å². The summed E-state index contributed by atoms with van der Waals surface area (Å²) >= 11 is 0. The highest BCUT2D eigenvalue weighted by Crippen LogP contribution is 2.17. The zero-order valence-electron chi connectivity index (χ0n) is 16.6. The third kappa shape index (κ3) is 6.65. The molecule has 0 saturated carbocycles. The number of likely N-dealkylation sites (N-methyl/N-ethyl adjacent to an activating group) is 1. The smallest absolute Gasteiger partial charge is 0.220 e. The van der Waals surface area contributed by atoms with E-state index >= 15 is 0 Å². The second-order valence-electron chi connectivity index (χ2n) is 7.06. The topological polar surface area (TPSA) is 49.4 Å². The van der Waals surface area contributed by atoms with Crippen molar-refractivity contribution in [2.75, 3.05) is 20.6 Å². The van der Waals surface area contributed by atoms with Gasteiger partial charge in [0.25, 0.3) is 0 Å². The minimum atomic E-state index is -0.0891. The lowest BCUT2D eigenvalue weighted by Crippen LogP contribution is -2.34. The van der Waals surface area contributed by atoms with Crippen LogP contribution in [0, 0.1) is 0 Å². The molecule has 27 heavy (non-hydrogen) atoms. The first-order valence-corrected chi connectivity index (χ1v) is 9.61. The molecule has 0 aromatic heterocycles. The zero-order valence-corrected chi connectivity index (χ0v) is 16.6. The van der Waals surface area contributed by atoms with E-state index in [0.717, 1.165) is 18.4 Å². The predicted octanol–water partition coefficient (Wildman–Crippen LogP) is 4.02. The van der Waals surface area contributed by atoms with Gasteiger partial charge in [0.15, 0.2) is 5.78 Å². The average molecular weight is 367 g/mol. The van der Waals surface area contributed by atoms with Crippen molar-refractivity contribution in [1.82, 2.24) is 10.2 Å². The fourth-order valence-corrected chi connectivity index (χ4v) is 3.09. The maximum absolute atomic E-state index is 12.3. The van der Waals surface area contributed by atoms with E-state index in [9.17, 15) is 9.59 Å². The Labute approximate surface area is 162 Å². The van der Waals surface area contributed by atoms with Crippen LogP contribution in [0.3, 0.4) is 0 Å². The lowest BCUT2D eigenvalue weighted by molar-refractivity contribution is -0.121. The number of Topliss-reactive ketones (excluding diaryl/α,β-unsaturated/α-hetero) is 1. The molecule has 0 aliphatic heterocycles. The number of carbonyl (C=O) groups excluding carboxylic acids is 2. The van der Waals surface area contributed by atoms with Gasteiger partial charge in [-0.1, -0.05) is 67.9 Å². The van der Waals surface area contributed by atoms with Gasteiger partial charge in [-0.05, 0) is 31.6 Å². The standard InChI is InChI=1S/C23H30N2O2/c1-4-8-18-11-13-20(14-12-18)22(26)15-16-23(27)24-17-21(25(2)3)19-9-6-5-7-10-19/h5-7,9-14,21H,4,8,15-17H2,1-3H3,(H,24,27). The van der Waals surface area contributed by atoms with Crippen LogP contribution in [-0.2, 0) is 11.2 Å². The van der Waals surface area contributed by atoms with Gasteiger partial charge in [-0.2, -0.15) is 0 Å². The van der Waals surface area contributed by atoms with E-state index in [1.165, 1.54) is 5.56 Å². The van der Waals surface area contributed by atoms with E-state index in [-0.39, 0.29) is 30.6 Å². The maximum atomic E-state index is 12.3. The first kappa shape index (κ1) is 20.8. The lowest BCUT2D eigenvalue weighted by atomic mass is 10.0. The Kier molecular flexibility index (Phi) is 8.21. The van der Waals surface area contributed by atoms with Crippen LogP contribution in [0.1, 0.15) is 53.7 Å². The Balaban J connectivity index is 1.82. The van der Waals surface area contributed by atoms with Crippen LogP contribution in [0.25, 0.3) is 0 Å². The number of nitrogens with one attached hydrogen (secondary N) is 1. The fourth-order valence-electron chi connectivity index (χ4n) is 3.09. The molecule has 144 valence electrons. The van der Waals surface area contributed by atoms with Gasteiger partial charge in [-0.3, -0.25) is 9.59 Å². The highest BCUT2D eigenvalue weighted by Gasteiger charge is 2.15. The monoisotopic (exact) mass is 366 g/mol. The fraction of sp³-hybridized carbons (Fsp3) is 0.391. The summed E-state index contributed by atoms with van der Waals surface area (Å²) in [5, 5.41) is 2.96. The maximum Gasteiger partial charge on any atom is 0.220 e. The number of ketones is 1. The number of benzene rings is 2. The second kappa shape index (κ2) is 10.6. The molecule has 0 aliphatic carbocycles. The van der Waals surface area contributed by atoms with Gasteiger partial charge in [-0.25, -0.2) is 0 Å². The Morgan fingerprint density at radius 1 is 0.963 bits per heavy atom. The van der Waals surface area contributed by atoms with Crippen LogP contribution < -0.4 is 5.32 Å². The van der Waals surface area contributed by atoms with Gasteiger partial charge in [0.1, 0.15) is 0 Å². The van der Waals surface area contributed by atoms with E-state index in [1.54, 1.807) is 0 Å². The Morgan fingerprint density at radius 2 is 1.63 bits per heavy atom. The number of aryl methyl sites for hydroxylation is 1. The van der Waals surface area contributed by atoms with E-state index in [4.69, 9.17) is 0 Å². The molecule has 0 aliphatic rings. The molecule has 0 fully saturated rings. The van der Waals surface area contributed by atoms with Crippen molar-refractivity contribution in [3.63, 3.8) is 0 Å². The van der Waals surface area contributed by atoms with Gasteiger partial charge >= 0.3 is 0 Å². The first-order valence-electron chi connectivity index (χ1n) is 9.61. The molecule has 2 aromatic carbocycles. The summed E-state index contributed by atoms with van der Waals surface area (Å²) in [7, 11) is 3.99. The number of carbonyl (C=O) groups is 2. The molecule has 4 nitrogen and oxygen atoms in total. The van der Waals surface area contributed by atoms with Crippen LogP contribution in [-0.4, -0.2) is 37.2 Å². The molecule has 2 aromatic rings. The minimum Gasteiger partial charge on any atom is -0.354 e. The zero-order chi connectivity index (χ0) is 19.6. The van der Waals surface area contributed by atoms with Gasteiger partial charge in [-0.15, -0.1) is 0 Å². The van der Waals surface area contributed by atoms with Gasteiger partial charge in [0, 0.05) is 24.9 Å². The number of hydrogen-bond acceptors (Lipinski definition) is 3.